The number of nitrogens with zero attached hydrogens (tertiary/aromatic N) is 4. The van der Waals surface area contributed by atoms with Gasteiger partial charge < -0.3 is 14.2 Å². The Balaban J connectivity index is 1.44. The fourth-order valence-corrected chi connectivity index (χ4v) is 3.89. The maximum Gasteiger partial charge on any atom is 0.264 e. The minimum atomic E-state index is 0.0550. The van der Waals surface area contributed by atoms with Crippen LogP contribution in [0.25, 0.3) is 12.2 Å². The lowest BCUT2D eigenvalue weighted by atomic mass is 10.1. The zero-order valence-electron chi connectivity index (χ0n) is 16.0. The third kappa shape index (κ3) is 4.23. The summed E-state index contributed by atoms with van der Waals surface area (Å²) in [5.41, 5.74) is 2.50. The molecule has 29 heavy (non-hydrogen) atoms. The van der Waals surface area contributed by atoms with Crippen LogP contribution in [0.2, 0.25) is 0 Å². The van der Waals surface area contributed by atoms with Crippen LogP contribution in [0.15, 0.2) is 46.2 Å². The average Bonchev–Trinajstić information content (AvgIpc) is 3.43. The van der Waals surface area contributed by atoms with Gasteiger partial charge in [0.15, 0.2) is 0 Å². The number of nitriles is 1. The summed E-state index contributed by atoms with van der Waals surface area (Å²) < 4.78 is 5.86. The number of carbonyl (C=O) groups is 1. The van der Waals surface area contributed by atoms with E-state index in [4.69, 9.17) is 4.42 Å². The van der Waals surface area contributed by atoms with Crippen LogP contribution in [0, 0.1) is 18.3 Å². The van der Waals surface area contributed by atoms with Crippen LogP contribution in [0.5, 0.6) is 0 Å². The van der Waals surface area contributed by atoms with Crippen molar-refractivity contribution in [3.8, 4) is 6.07 Å². The molecule has 1 aromatic carbocycles. The van der Waals surface area contributed by atoms with Crippen molar-refractivity contribution < 1.29 is 9.21 Å². The first kappa shape index (κ1) is 19.0. The Morgan fingerprint density at radius 3 is 2.59 bits per heavy atom. The number of oxazole rings is 1. The van der Waals surface area contributed by atoms with Crippen molar-refractivity contribution in [2.24, 2.45) is 0 Å². The molecular formula is C22H20N4O2S. The molecule has 0 saturated carbocycles. The van der Waals surface area contributed by atoms with Crippen molar-refractivity contribution >= 4 is 35.3 Å². The van der Waals surface area contributed by atoms with Gasteiger partial charge in [0.05, 0.1) is 4.88 Å². The van der Waals surface area contributed by atoms with Crippen LogP contribution < -0.4 is 4.90 Å². The van der Waals surface area contributed by atoms with Gasteiger partial charge in [0.1, 0.15) is 6.07 Å². The molecule has 0 spiro atoms. The van der Waals surface area contributed by atoms with Crippen molar-refractivity contribution in [3.63, 3.8) is 0 Å². The Hall–Kier alpha value is -3.37. The maximum atomic E-state index is 12.5. The number of rotatable bonds is 4. The van der Waals surface area contributed by atoms with Gasteiger partial charge in [-0.25, -0.2) is 0 Å². The first-order valence-electron chi connectivity index (χ1n) is 9.37. The van der Waals surface area contributed by atoms with Gasteiger partial charge in [-0.05, 0) is 30.0 Å². The third-order valence-corrected chi connectivity index (χ3v) is 5.67. The molecule has 0 aliphatic carbocycles. The molecule has 0 atom stereocenters. The highest BCUT2D eigenvalue weighted by Gasteiger charge is 2.26. The number of aryl methyl sites for hydroxylation is 1. The molecule has 0 bridgehead atoms. The van der Waals surface area contributed by atoms with Crippen LogP contribution in [0.1, 0.15) is 32.4 Å². The van der Waals surface area contributed by atoms with E-state index >= 15 is 0 Å². The van der Waals surface area contributed by atoms with E-state index in [0.29, 0.717) is 38.0 Å². The topological polar surface area (TPSA) is 73.4 Å². The van der Waals surface area contributed by atoms with Crippen LogP contribution in [0.4, 0.5) is 5.88 Å². The Kier molecular flexibility index (Phi) is 5.45. The van der Waals surface area contributed by atoms with Gasteiger partial charge in [0, 0.05) is 32.3 Å². The van der Waals surface area contributed by atoms with E-state index in [0.717, 1.165) is 10.4 Å². The van der Waals surface area contributed by atoms with E-state index in [9.17, 15) is 10.1 Å². The first-order chi connectivity index (χ1) is 14.1. The molecule has 0 radical (unpaired) electrons. The normalized spacial score (nSPS) is 14.3. The van der Waals surface area contributed by atoms with Crippen molar-refractivity contribution in [1.29, 1.82) is 5.26 Å². The van der Waals surface area contributed by atoms with E-state index < -0.39 is 0 Å². The molecule has 0 N–H and O–H groups in total. The molecule has 146 valence electrons. The zero-order chi connectivity index (χ0) is 20.2. The van der Waals surface area contributed by atoms with Crippen molar-refractivity contribution in [2.45, 2.75) is 6.92 Å². The molecule has 3 aromatic rings. The fraction of sp³-hybridized carbons (Fsp3) is 0.227. The van der Waals surface area contributed by atoms with Crippen molar-refractivity contribution in [2.75, 3.05) is 31.1 Å². The molecular weight excluding hydrogens is 384 g/mol. The van der Waals surface area contributed by atoms with Crippen LogP contribution in [-0.4, -0.2) is 42.0 Å². The number of carbonyl (C=O) groups excluding carboxylic acids is 1. The summed E-state index contributed by atoms with van der Waals surface area (Å²) >= 11 is 1.45. The van der Waals surface area contributed by atoms with Crippen LogP contribution in [-0.2, 0) is 0 Å². The lowest BCUT2D eigenvalue weighted by molar-refractivity contribution is 0.0750. The molecule has 1 aliphatic rings. The summed E-state index contributed by atoms with van der Waals surface area (Å²) in [6, 6.07) is 14.0. The highest BCUT2D eigenvalue weighted by molar-refractivity contribution is 7.12. The fourth-order valence-electron chi connectivity index (χ4n) is 3.20. The molecule has 2 aromatic heterocycles. The monoisotopic (exact) mass is 404 g/mol. The largest absolute Gasteiger partial charge is 0.420 e. The third-order valence-electron chi connectivity index (χ3n) is 4.81. The summed E-state index contributed by atoms with van der Waals surface area (Å²) in [4.78, 5) is 21.4. The lowest BCUT2D eigenvalue weighted by Crippen LogP contribution is -2.48. The number of amides is 1. The number of thiophene rings is 1. The quantitative estimate of drug-likeness (QED) is 0.656. The molecule has 1 saturated heterocycles. The number of hydrogen-bond donors (Lipinski definition) is 0. The maximum absolute atomic E-state index is 12.5. The lowest BCUT2D eigenvalue weighted by Gasteiger charge is -2.34. The van der Waals surface area contributed by atoms with Gasteiger partial charge in [-0.15, -0.1) is 11.3 Å². The Morgan fingerprint density at radius 2 is 1.93 bits per heavy atom. The highest BCUT2D eigenvalue weighted by Crippen LogP contribution is 2.25. The Bertz CT molecular complexity index is 1050. The van der Waals surface area contributed by atoms with Gasteiger partial charge >= 0.3 is 0 Å². The molecule has 4 rings (SSSR count). The smallest absolute Gasteiger partial charge is 0.264 e. The number of piperazine rings is 1. The van der Waals surface area contributed by atoms with Crippen molar-refractivity contribution in [3.05, 3.63) is 69.4 Å². The van der Waals surface area contributed by atoms with E-state index in [1.807, 2.05) is 64.6 Å². The Morgan fingerprint density at radius 1 is 1.17 bits per heavy atom. The second-order valence-electron chi connectivity index (χ2n) is 6.82. The molecule has 1 aliphatic heterocycles. The van der Waals surface area contributed by atoms with Gasteiger partial charge in [0.2, 0.25) is 17.5 Å². The number of hydrogen-bond acceptors (Lipinski definition) is 6. The minimum Gasteiger partial charge on any atom is -0.420 e. The number of anilines is 1. The highest BCUT2D eigenvalue weighted by atomic mass is 32.1. The number of aromatic nitrogens is 1. The van der Waals surface area contributed by atoms with E-state index in [2.05, 4.69) is 11.1 Å². The summed E-state index contributed by atoms with van der Waals surface area (Å²) in [5, 5.41) is 11.4. The van der Waals surface area contributed by atoms with E-state index in [-0.39, 0.29) is 11.6 Å². The SMILES string of the molecule is Cc1ccc(C=Cc2nc(C#N)c(N3CCN(C(=O)c4cccs4)CC3)o2)cc1. The number of benzene rings is 1. The Labute approximate surface area is 173 Å². The molecule has 0 unspecified atom stereocenters. The van der Waals surface area contributed by atoms with Gasteiger partial charge in [0.25, 0.3) is 5.91 Å². The predicted octanol–water partition coefficient (Wildman–Crippen LogP) is 4.05. The molecule has 6 nitrogen and oxygen atoms in total. The van der Waals surface area contributed by atoms with Gasteiger partial charge in [-0.3, -0.25) is 4.79 Å². The van der Waals surface area contributed by atoms with Gasteiger partial charge in [-0.1, -0.05) is 35.9 Å². The first-order valence-corrected chi connectivity index (χ1v) is 10.3. The van der Waals surface area contributed by atoms with Gasteiger partial charge in [-0.2, -0.15) is 10.2 Å². The minimum absolute atomic E-state index is 0.0550. The molecule has 1 fully saturated rings. The van der Waals surface area contributed by atoms with Crippen LogP contribution >= 0.6 is 11.3 Å². The average molecular weight is 404 g/mol. The molecule has 1 amide bonds. The van der Waals surface area contributed by atoms with E-state index in [1.165, 1.54) is 16.9 Å². The van der Waals surface area contributed by atoms with E-state index in [1.54, 1.807) is 6.08 Å². The molecule has 3 heterocycles. The molecule has 7 heteroatoms. The van der Waals surface area contributed by atoms with Crippen LogP contribution in [0.3, 0.4) is 0 Å². The second-order valence-corrected chi connectivity index (χ2v) is 7.77. The summed E-state index contributed by atoms with van der Waals surface area (Å²) in [6.45, 7) is 4.40. The summed E-state index contributed by atoms with van der Waals surface area (Å²) in [6.07, 6.45) is 3.68. The second kappa shape index (κ2) is 8.33. The van der Waals surface area contributed by atoms with Crippen molar-refractivity contribution in [1.82, 2.24) is 9.88 Å². The summed E-state index contributed by atoms with van der Waals surface area (Å²) in [7, 11) is 0. The zero-order valence-corrected chi connectivity index (χ0v) is 16.9. The predicted molar refractivity (Wildman–Crippen MR) is 114 cm³/mol. The summed E-state index contributed by atoms with van der Waals surface area (Å²) in [5.74, 6) is 0.924. The standard InChI is InChI=1S/C22H20N4O2S/c1-16-4-6-17(7-5-16)8-9-20-24-18(15-23)22(28-20)26-12-10-25(11-13-26)21(27)19-3-2-14-29-19/h2-9,14H,10-13H2,1H3.